The molecule has 0 radical (unpaired) electrons. The molecule has 4 heteroatoms. The number of unbranched alkanes of at least 4 members (excludes halogenated alkanes) is 3. The fourth-order valence-corrected chi connectivity index (χ4v) is 2.34. The number of rotatable bonds is 7. The first kappa shape index (κ1) is 15.4. The van der Waals surface area contributed by atoms with Crippen molar-refractivity contribution in [1.29, 1.82) is 0 Å². The Labute approximate surface area is 111 Å². The fraction of sp³-hybridized carbons (Fsp3) is 0.929. The van der Waals surface area contributed by atoms with E-state index in [0.29, 0.717) is 0 Å². The number of carbonyl (C=O) groups excluding carboxylic acids is 1. The van der Waals surface area contributed by atoms with Gasteiger partial charge in [-0.1, -0.05) is 26.2 Å². The minimum Gasteiger partial charge on any atom is -0.355 e. The van der Waals surface area contributed by atoms with Gasteiger partial charge >= 0.3 is 0 Å². The molecule has 0 spiro atoms. The van der Waals surface area contributed by atoms with Gasteiger partial charge in [-0.2, -0.15) is 0 Å². The summed E-state index contributed by atoms with van der Waals surface area (Å²) in [5.74, 6) is 0.167. The maximum atomic E-state index is 12.2. The van der Waals surface area contributed by atoms with Gasteiger partial charge < -0.3 is 10.6 Å². The van der Waals surface area contributed by atoms with Gasteiger partial charge in [0.25, 0.3) is 0 Å². The molecule has 1 amide bonds. The second kappa shape index (κ2) is 7.74. The summed E-state index contributed by atoms with van der Waals surface area (Å²) in [5, 5.41) is 6.40. The van der Waals surface area contributed by atoms with Gasteiger partial charge in [-0.3, -0.25) is 9.69 Å². The van der Waals surface area contributed by atoms with Crippen molar-refractivity contribution >= 4 is 5.91 Å². The van der Waals surface area contributed by atoms with Gasteiger partial charge in [0, 0.05) is 32.7 Å². The molecule has 1 fully saturated rings. The highest BCUT2D eigenvalue weighted by molar-refractivity contribution is 5.85. The maximum Gasteiger partial charge on any atom is 0.239 e. The first-order valence-electron chi connectivity index (χ1n) is 7.33. The largest absolute Gasteiger partial charge is 0.355 e. The minimum absolute atomic E-state index is 0.167. The van der Waals surface area contributed by atoms with Crippen molar-refractivity contribution in [3.63, 3.8) is 0 Å². The summed E-state index contributed by atoms with van der Waals surface area (Å²) in [7, 11) is 0. The molecule has 18 heavy (non-hydrogen) atoms. The van der Waals surface area contributed by atoms with Crippen LogP contribution in [0, 0.1) is 0 Å². The van der Waals surface area contributed by atoms with E-state index in [2.05, 4.69) is 22.5 Å². The number of amides is 1. The van der Waals surface area contributed by atoms with Crippen LogP contribution >= 0.6 is 0 Å². The van der Waals surface area contributed by atoms with Gasteiger partial charge in [0.15, 0.2) is 0 Å². The molecule has 4 nitrogen and oxygen atoms in total. The Morgan fingerprint density at radius 1 is 1.22 bits per heavy atom. The first-order chi connectivity index (χ1) is 8.59. The number of piperazine rings is 1. The molecular weight excluding hydrogens is 226 g/mol. The predicted molar refractivity (Wildman–Crippen MR) is 75.7 cm³/mol. The molecular formula is C14H29N3O. The molecule has 0 unspecified atom stereocenters. The molecule has 0 atom stereocenters. The van der Waals surface area contributed by atoms with Crippen molar-refractivity contribution < 1.29 is 4.79 Å². The molecule has 106 valence electrons. The number of nitrogens with one attached hydrogen (secondary N) is 2. The van der Waals surface area contributed by atoms with E-state index in [1.165, 1.54) is 19.3 Å². The molecule has 0 aromatic carbocycles. The molecule has 0 saturated carbocycles. The van der Waals surface area contributed by atoms with Crippen LogP contribution < -0.4 is 10.6 Å². The Morgan fingerprint density at radius 2 is 1.89 bits per heavy atom. The van der Waals surface area contributed by atoms with E-state index < -0.39 is 0 Å². The van der Waals surface area contributed by atoms with E-state index in [1.54, 1.807) is 0 Å². The zero-order valence-electron chi connectivity index (χ0n) is 12.2. The van der Waals surface area contributed by atoms with Crippen LogP contribution in [0.3, 0.4) is 0 Å². The lowest BCUT2D eigenvalue weighted by Crippen LogP contribution is -2.60. The van der Waals surface area contributed by atoms with Crippen molar-refractivity contribution in [3.05, 3.63) is 0 Å². The Bertz CT molecular complexity index is 247. The molecule has 1 aliphatic rings. The number of hydrogen-bond acceptors (Lipinski definition) is 3. The normalized spacial score (nSPS) is 17.7. The van der Waals surface area contributed by atoms with Gasteiger partial charge in [-0.05, 0) is 20.3 Å². The average Bonchev–Trinajstić information content (AvgIpc) is 2.39. The second-order valence-electron chi connectivity index (χ2n) is 5.61. The summed E-state index contributed by atoms with van der Waals surface area (Å²) in [6, 6.07) is 0. The lowest BCUT2D eigenvalue weighted by atomic mass is 10.0. The average molecular weight is 255 g/mol. The zero-order valence-corrected chi connectivity index (χ0v) is 12.2. The standard InChI is InChI=1S/C14H29N3O/c1-4-5-6-7-8-16-13(18)14(2,3)17-11-9-15-10-12-17/h15H,4-12H2,1-3H3,(H,16,18). The van der Waals surface area contributed by atoms with Gasteiger partial charge in [0.1, 0.15) is 0 Å². The zero-order chi connectivity index (χ0) is 13.4. The molecule has 1 heterocycles. The van der Waals surface area contributed by atoms with Crippen molar-refractivity contribution in [3.8, 4) is 0 Å². The Morgan fingerprint density at radius 3 is 2.50 bits per heavy atom. The third-order valence-corrected chi connectivity index (χ3v) is 3.78. The third kappa shape index (κ3) is 4.58. The van der Waals surface area contributed by atoms with Gasteiger partial charge in [0.2, 0.25) is 5.91 Å². The summed E-state index contributed by atoms with van der Waals surface area (Å²) in [4.78, 5) is 14.5. The van der Waals surface area contributed by atoms with E-state index in [-0.39, 0.29) is 11.4 Å². The number of hydrogen-bond donors (Lipinski definition) is 2. The SMILES string of the molecule is CCCCCCNC(=O)C(C)(C)N1CCNCC1. The highest BCUT2D eigenvalue weighted by Gasteiger charge is 2.34. The highest BCUT2D eigenvalue weighted by Crippen LogP contribution is 2.15. The van der Waals surface area contributed by atoms with E-state index in [0.717, 1.165) is 39.1 Å². The maximum absolute atomic E-state index is 12.2. The molecule has 2 N–H and O–H groups in total. The van der Waals surface area contributed by atoms with Crippen LogP contribution in [-0.2, 0) is 4.79 Å². The van der Waals surface area contributed by atoms with Crippen molar-refractivity contribution in [2.75, 3.05) is 32.7 Å². The molecule has 1 saturated heterocycles. The van der Waals surface area contributed by atoms with E-state index >= 15 is 0 Å². The van der Waals surface area contributed by atoms with Gasteiger partial charge in [0.05, 0.1) is 5.54 Å². The molecule has 0 aromatic heterocycles. The molecule has 0 aliphatic carbocycles. The Balaban J connectivity index is 2.29. The van der Waals surface area contributed by atoms with E-state index in [9.17, 15) is 4.79 Å². The van der Waals surface area contributed by atoms with Crippen molar-refractivity contribution in [2.24, 2.45) is 0 Å². The van der Waals surface area contributed by atoms with Crippen molar-refractivity contribution in [2.45, 2.75) is 52.0 Å². The first-order valence-corrected chi connectivity index (χ1v) is 7.33. The van der Waals surface area contributed by atoms with Crippen LogP contribution in [0.1, 0.15) is 46.5 Å². The summed E-state index contributed by atoms with van der Waals surface area (Å²) in [5.41, 5.74) is -0.382. The van der Waals surface area contributed by atoms with E-state index in [1.807, 2.05) is 13.8 Å². The van der Waals surface area contributed by atoms with Crippen LogP contribution in [0.5, 0.6) is 0 Å². The minimum atomic E-state index is -0.382. The number of carbonyl (C=O) groups is 1. The third-order valence-electron chi connectivity index (χ3n) is 3.78. The van der Waals surface area contributed by atoms with Crippen LogP contribution in [-0.4, -0.2) is 49.1 Å². The van der Waals surface area contributed by atoms with Crippen LogP contribution in [0.15, 0.2) is 0 Å². The molecule has 0 aromatic rings. The number of nitrogens with zero attached hydrogens (tertiary/aromatic N) is 1. The highest BCUT2D eigenvalue weighted by atomic mass is 16.2. The second-order valence-corrected chi connectivity index (χ2v) is 5.61. The Kier molecular flexibility index (Phi) is 6.65. The fourth-order valence-electron chi connectivity index (χ4n) is 2.34. The van der Waals surface area contributed by atoms with Crippen LogP contribution in [0.25, 0.3) is 0 Å². The summed E-state index contributed by atoms with van der Waals surface area (Å²) < 4.78 is 0. The summed E-state index contributed by atoms with van der Waals surface area (Å²) in [6.07, 6.45) is 4.80. The van der Waals surface area contributed by atoms with E-state index in [4.69, 9.17) is 0 Å². The summed E-state index contributed by atoms with van der Waals surface area (Å²) in [6.45, 7) is 10.9. The quantitative estimate of drug-likeness (QED) is 0.675. The van der Waals surface area contributed by atoms with Crippen LogP contribution in [0.4, 0.5) is 0 Å². The lowest BCUT2D eigenvalue weighted by molar-refractivity contribution is -0.132. The van der Waals surface area contributed by atoms with Gasteiger partial charge in [-0.25, -0.2) is 0 Å². The Hall–Kier alpha value is -0.610. The van der Waals surface area contributed by atoms with Gasteiger partial charge in [-0.15, -0.1) is 0 Å². The van der Waals surface area contributed by atoms with Crippen molar-refractivity contribution in [1.82, 2.24) is 15.5 Å². The summed E-state index contributed by atoms with van der Waals surface area (Å²) >= 11 is 0. The predicted octanol–water partition coefficient (Wildman–Crippen LogP) is 1.37. The molecule has 1 aliphatic heterocycles. The lowest BCUT2D eigenvalue weighted by Gasteiger charge is -2.39. The topological polar surface area (TPSA) is 44.4 Å². The molecule has 1 rings (SSSR count). The van der Waals surface area contributed by atoms with Crippen LogP contribution in [0.2, 0.25) is 0 Å². The molecule has 0 bridgehead atoms. The monoisotopic (exact) mass is 255 g/mol. The smallest absolute Gasteiger partial charge is 0.239 e.